The Morgan fingerprint density at radius 1 is 1.03 bits per heavy atom. The lowest BCUT2D eigenvalue weighted by atomic mass is 9.96. The largest absolute Gasteiger partial charge is 0.356 e. The number of anilines is 1. The normalized spacial score (nSPS) is 18.8. The first-order valence-corrected chi connectivity index (χ1v) is 11.2. The fourth-order valence-corrected chi connectivity index (χ4v) is 4.58. The molecule has 2 saturated heterocycles. The molecule has 32 heavy (non-hydrogen) atoms. The van der Waals surface area contributed by atoms with Gasteiger partial charge in [-0.1, -0.05) is 6.07 Å². The van der Waals surface area contributed by atoms with Crippen molar-refractivity contribution in [3.8, 4) is 11.5 Å². The molecule has 0 radical (unpaired) electrons. The molecule has 3 aromatic rings. The lowest BCUT2D eigenvalue weighted by molar-refractivity contribution is -0.134. The molecule has 0 bridgehead atoms. The van der Waals surface area contributed by atoms with Crippen molar-refractivity contribution < 1.29 is 9.59 Å². The number of amides is 2. The second-order valence-corrected chi connectivity index (χ2v) is 8.43. The highest BCUT2D eigenvalue weighted by molar-refractivity contribution is 5.92. The van der Waals surface area contributed by atoms with Crippen LogP contribution in [0.2, 0.25) is 0 Å². The maximum Gasteiger partial charge on any atom is 0.269 e. The molecule has 2 N–H and O–H groups in total. The molecule has 0 aromatic carbocycles. The summed E-state index contributed by atoms with van der Waals surface area (Å²) >= 11 is 0. The second-order valence-electron chi connectivity index (χ2n) is 8.43. The SMILES string of the molecule is CNC(=O)c1cccc(-c2nc3nc(N4CCC[C@@H](C(=O)N5CCCC5)C4)ccc3[nH]2)n1. The number of nitrogens with zero attached hydrogens (tertiary/aromatic N) is 5. The van der Waals surface area contributed by atoms with Crippen LogP contribution in [0.3, 0.4) is 0 Å². The molecular formula is C23H27N7O2. The number of hydrogen-bond acceptors (Lipinski definition) is 6. The smallest absolute Gasteiger partial charge is 0.269 e. The number of rotatable bonds is 4. The molecule has 2 aliphatic heterocycles. The van der Waals surface area contributed by atoms with Crippen molar-refractivity contribution in [2.75, 3.05) is 38.1 Å². The summed E-state index contributed by atoms with van der Waals surface area (Å²) in [7, 11) is 1.58. The van der Waals surface area contributed by atoms with Crippen molar-refractivity contribution in [2.24, 2.45) is 5.92 Å². The highest BCUT2D eigenvalue weighted by Crippen LogP contribution is 2.26. The van der Waals surface area contributed by atoms with Crippen LogP contribution in [0.5, 0.6) is 0 Å². The third-order valence-electron chi connectivity index (χ3n) is 6.29. The number of piperidine rings is 1. The first kappa shape index (κ1) is 20.4. The van der Waals surface area contributed by atoms with Crippen LogP contribution >= 0.6 is 0 Å². The Hall–Kier alpha value is -3.49. The molecule has 2 amide bonds. The van der Waals surface area contributed by atoms with E-state index in [2.05, 4.69) is 25.2 Å². The molecule has 2 fully saturated rings. The zero-order chi connectivity index (χ0) is 22.1. The van der Waals surface area contributed by atoms with Crippen molar-refractivity contribution in [3.63, 3.8) is 0 Å². The number of likely N-dealkylation sites (tertiary alicyclic amines) is 1. The number of carbonyl (C=O) groups excluding carboxylic acids is 2. The van der Waals surface area contributed by atoms with E-state index in [1.54, 1.807) is 19.2 Å². The number of H-pyrrole nitrogens is 1. The Bertz CT molecular complexity index is 1150. The fourth-order valence-electron chi connectivity index (χ4n) is 4.58. The lowest BCUT2D eigenvalue weighted by Crippen LogP contribution is -2.44. The van der Waals surface area contributed by atoms with Gasteiger partial charge in [0.2, 0.25) is 5.91 Å². The van der Waals surface area contributed by atoms with E-state index >= 15 is 0 Å². The molecule has 3 aromatic heterocycles. The number of carbonyl (C=O) groups is 2. The average molecular weight is 434 g/mol. The van der Waals surface area contributed by atoms with Crippen LogP contribution in [0.25, 0.3) is 22.7 Å². The van der Waals surface area contributed by atoms with E-state index in [-0.39, 0.29) is 17.7 Å². The number of pyridine rings is 2. The van der Waals surface area contributed by atoms with Crippen LogP contribution in [-0.4, -0.2) is 69.9 Å². The number of imidazole rings is 1. The van der Waals surface area contributed by atoms with Gasteiger partial charge >= 0.3 is 0 Å². The maximum absolute atomic E-state index is 12.9. The van der Waals surface area contributed by atoms with Crippen molar-refractivity contribution in [1.29, 1.82) is 0 Å². The van der Waals surface area contributed by atoms with Crippen LogP contribution in [0.4, 0.5) is 5.82 Å². The minimum absolute atomic E-state index is 0.0331. The third-order valence-corrected chi connectivity index (χ3v) is 6.29. The number of aromatic amines is 1. The third kappa shape index (κ3) is 3.90. The maximum atomic E-state index is 12.9. The van der Waals surface area contributed by atoms with Gasteiger partial charge in [0, 0.05) is 33.2 Å². The number of aromatic nitrogens is 4. The average Bonchev–Trinajstić information content (AvgIpc) is 3.53. The van der Waals surface area contributed by atoms with E-state index in [9.17, 15) is 9.59 Å². The van der Waals surface area contributed by atoms with Crippen LogP contribution in [0.1, 0.15) is 36.2 Å². The van der Waals surface area contributed by atoms with Gasteiger partial charge in [0.25, 0.3) is 5.91 Å². The van der Waals surface area contributed by atoms with Crippen molar-refractivity contribution in [2.45, 2.75) is 25.7 Å². The predicted molar refractivity (Wildman–Crippen MR) is 121 cm³/mol. The van der Waals surface area contributed by atoms with Gasteiger partial charge in [-0.3, -0.25) is 9.59 Å². The summed E-state index contributed by atoms with van der Waals surface area (Å²) in [5.41, 5.74) is 2.32. The molecule has 5 rings (SSSR count). The molecule has 0 spiro atoms. The Labute approximate surface area is 186 Å². The molecule has 0 unspecified atom stereocenters. The van der Waals surface area contributed by atoms with Crippen LogP contribution in [0.15, 0.2) is 30.3 Å². The topological polar surface area (TPSA) is 107 Å². The summed E-state index contributed by atoms with van der Waals surface area (Å²) in [6, 6.07) is 9.19. The van der Waals surface area contributed by atoms with Crippen molar-refractivity contribution in [1.82, 2.24) is 30.2 Å². The molecular weight excluding hydrogens is 406 g/mol. The molecule has 0 aliphatic carbocycles. The van der Waals surface area contributed by atoms with Gasteiger partial charge in [-0.25, -0.2) is 15.0 Å². The zero-order valence-corrected chi connectivity index (χ0v) is 18.2. The highest BCUT2D eigenvalue weighted by atomic mass is 16.2. The quantitative estimate of drug-likeness (QED) is 0.653. The molecule has 1 atom stereocenters. The molecule has 9 heteroatoms. The van der Waals surface area contributed by atoms with Crippen LogP contribution < -0.4 is 10.2 Å². The monoisotopic (exact) mass is 433 g/mol. The predicted octanol–water partition coefficient (Wildman–Crippen LogP) is 2.22. The van der Waals surface area contributed by atoms with Crippen molar-refractivity contribution >= 4 is 28.8 Å². The Morgan fingerprint density at radius 3 is 2.69 bits per heavy atom. The van der Waals surface area contributed by atoms with Crippen LogP contribution in [-0.2, 0) is 4.79 Å². The van der Waals surface area contributed by atoms with Gasteiger partial charge in [-0.2, -0.15) is 0 Å². The van der Waals surface area contributed by atoms with E-state index in [4.69, 9.17) is 4.98 Å². The minimum atomic E-state index is -0.244. The summed E-state index contributed by atoms with van der Waals surface area (Å²) in [5.74, 6) is 1.48. The Kier molecular flexibility index (Phi) is 5.46. The summed E-state index contributed by atoms with van der Waals surface area (Å²) in [6.45, 7) is 3.37. The van der Waals surface area contributed by atoms with Gasteiger partial charge in [0.05, 0.1) is 11.4 Å². The summed E-state index contributed by atoms with van der Waals surface area (Å²) < 4.78 is 0. The molecule has 2 aliphatic rings. The van der Waals surface area contributed by atoms with E-state index in [1.165, 1.54) is 0 Å². The summed E-state index contributed by atoms with van der Waals surface area (Å²) in [5, 5.41) is 2.58. The molecule has 0 saturated carbocycles. The van der Waals surface area contributed by atoms with Crippen LogP contribution in [0, 0.1) is 5.92 Å². The summed E-state index contributed by atoms with van der Waals surface area (Å²) in [4.78, 5) is 46.0. The van der Waals surface area contributed by atoms with Gasteiger partial charge in [0.15, 0.2) is 11.5 Å². The van der Waals surface area contributed by atoms with Gasteiger partial charge in [-0.15, -0.1) is 0 Å². The fraction of sp³-hybridized carbons (Fsp3) is 0.435. The number of nitrogens with one attached hydrogen (secondary N) is 2. The number of fused-ring (bicyclic) bond motifs is 1. The standard InChI is InChI=1S/C23H27N7O2/c1-24-22(31)18-8-4-7-16(25-18)20-26-17-9-10-19(27-21(17)28-20)30-13-5-6-15(14-30)23(32)29-11-2-3-12-29/h4,7-10,15H,2-3,5-6,11-14H2,1H3,(H,24,31)(H,26,27,28)/t15-/m1/s1. The van der Waals surface area contributed by atoms with Gasteiger partial charge in [0.1, 0.15) is 17.2 Å². The first-order chi connectivity index (χ1) is 15.6. The van der Waals surface area contributed by atoms with E-state index in [0.29, 0.717) is 29.4 Å². The summed E-state index contributed by atoms with van der Waals surface area (Å²) in [6.07, 6.45) is 4.14. The Balaban J connectivity index is 1.37. The minimum Gasteiger partial charge on any atom is -0.356 e. The highest BCUT2D eigenvalue weighted by Gasteiger charge is 2.31. The van der Waals surface area contributed by atoms with Gasteiger partial charge in [-0.05, 0) is 49.9 Å². The molecule has 5 heterocycles. The zero-order valence-electron chi connectivity index (χ0n) is 18.2. The number of hydrogen-bond donors (Lipinski definition) is 2. The van der Waals surface area contributed by atoms with E-state index < -0.39 is 0 Å². The van der Waals surface area contributed by atoms with E-state index in [0.717, 1.165) is 56.7 Å². The van der Waals surface area contributed by atoms with Gasteiger partial charge < -0.3 is 20.1 Å². The second kappa shape index (κ2) is 8.57. The van der Waals surface area contributed by atoms with Crippen molar-refractivity contribution in [3.05, 3.63) is 36.0 Å². The Morgan fingerprint density at radius 2 is 1.88 bits per heavy atom. The first-order valence-electron chi connectivity index (χ1n) is 11.2. The molecule has 166 valence electrons. The lowest BCUT2D eigenvalue weighted by Gasteiger charge is -2.34. The van der Waals surface area contributed by atoms with E-state index in [1.807, 2.05) is 23.1 Å². The molecule has 9 nitrogen and oxygen atoms in total.